The topological polar surface area (TPSA) is 115 Å². The standard InChI is InChI=1S/C34H37FN2O7S/c1-22(38)26-7-4-6-23(18-26)21-43-17-16-42-15-5-14-37(45(3,40)41)30-20-31-29(19-28(30)24-8-9-24)32(34(39)36-2)33(44-31)25-10-12-27(35)13-11-25/h4,6-7,10-13,18-20,24H,5,8-9,14-17,21H2,1-3H3,(H,36,39). The van der Waals surface area contributed by atoms with Crippen LogP contribution in [0, 0.1) is 5.82 Å². The van der Waals surface area contributed by atoms with Gasteiger partial charge in [-0.2, -0.15) is 0 Å². The Kier molecular flexibility index (Phi) is 10.0. The number of nitrogens with zero attached hydrogens (tertiary/aromatic N) is 1. The van der Waals surface area contributed by atoms with E-state index in [0.717, 1.165) is 24.0 Å². The molecule has 1 fully saturated rings. The van der Waals surface area contributed by atoms with Gasteiger partial charge < -0.3 is 19.2 Å². The Morgan fingerprint density at radius 3 is 2.42 bits per heavy atom. The summed E-state index contributed by atoms with van der Waals surface area (Å²) in [5.74, 6) is -0.309. The summed E-state index contributed by atoms with van der Waals surface area (Å²) in [7, 11) is -2.14. The van der Waals surface area contributed by atoms with Crippen molar-refractivity contribution in [3.05, 3.63) is 88.7 Å². The Balaban J connectivity index is 1.29. The maximum absolute atomic E-state index is 13.6. The molecular formula is C34H37FN2O7S. The number of hydrogen-bond acceptors (Lipinski definition) is 7. The van der Waals surface area contributed by atoms with Gasteiger partial charge in [-0.3, -0.25) is 13.9 Å². The van der Waals surface area contributed by atoms with Crippen LogP contribution in [-0.4, -0.2) is 59.8 Å². The van der Waals surface area contributed by atoms with Gasteiger partial charge in [0.2, 0.25) is 10.0 Å². The van der Waals surface area contributed by atoms with Gasteiger partial charge in [0, 0.05) is 42.8 Å². The molecule has 5 rings (SSSR count). The van der Waals surface area contributed by atoms with Crippen LogP contribution in [0.5, 0.6) is 0 Å². The molecule has 1 aliphatic rings. The lowest BCUT2D eigenvalue weighted by Crippen LogP contribution is -2.32. The predicted molar refractivity (Wildman–Crippen MR) is 171 cm³/mol. The van der Waals surface area contributed by atoms with Crippen LogP contribution in [0.25, 0.3) is 22.3 Å². The first kappa shape index (κ1) is 32.3. The van der Waals surface area contributed by atoms with Crippen molar-refractivity contribution in [2.75, 3.05) is 44.0 Å². The summed E-state index contributed by atoms with van der Waals surface area (Å²) in [6.45, 7) is 3.09. The largest absolute Gasteiger partial charge is 0.455 e. The molecule has 0 bridgehead atoms. The van der Waals surface area contributed by atoms with Gasteiger partial charge in [0.15, 0.2) is 5.78 Å². The van der Waals surface area contributed by atoms with E-state index in [1.165, 1.54) is 36.7 Å². The van der Waals surface area contributed by atoms with Crippen LogP contribution in [0.1, 0.15) is 63.9 Å². The van der Waals surface area contributed by atoms with Crippen molar-refractivity contribution in [3.63, 3.8) is 0 Å². The maximum Gasteiger partial charge on any atom is 0.255 e. The Labute approximate surface area is 262 Å². The van der Waals surface area contributed by atoms with E-state index in [1.807, 2.05) is 24.3 Å². The van der Waals surface area contributed by atoms with Crippen molar-refractivity contribution in [2.24, 2.45) is 0 Å². The summed E-state index contributed by atoms with van der Waals surface area (Å²) >= 11 is 0. The number of hydrogen-bond donors (Lipinski definition) is 1. The molecule has 0 unspecified atom stereocenters. The van der Waals surface area contributed by atoms with Crippen LogP contribution in [0.3, 0.4) is 0 Å². The van der Waals surface area contributed by atoms with Gasteiger partial charge in [0.05, 0.1) is 37.3 Å². The fraction of sp³-hybridized carbons (Fsp3) is 0.353. The molecule has 0 radical (unpaired) electrons. The number of amides is 1. The van der Waals surface area contributed by atoms with E-state index in [1.54, 1.807) is 24.3 Å². The van der Waals surface area contributed by atoms with E-state index in [-0.39, 0.29) is 29.9 Å². The van der Waals surface area contributed by atoms with Gasteiger partial charge in [-0.1, -0.05) is 18.2 Å². The van der Waals surface area contributed by atoms with E-state index in [0.29, 0.717) is 66.2 Å². The summed E-state index contributed by atoms with van der Waals surface area (Å²) in [6.07, 6.45) is 3.44. The highest BCUT2D eigenvalue weighted by Gasteiger charge is 2.33. The number of sulfonamides is 1. The van der Waals surface area contributed by atoms with Gasteiger partial charge in [-0.25, -0.2) is 12.8 Å². The van der Waals surface area contributed by atoms with Crippen LogP contribution >= 0.6 is 0 Å². The summed E-state index contributed by atoms with van der Waals surface area (Å²) in [5.41, 5.74) is 4.12. The van der Waals surface area contributed by atoms with Gasteiger partial charge in [0.25, 0.3) is 5.91 Å². The number of halogens is 1. The average Bonchev–Trinajstić information content (AvgIpc) is 3.79. The van der Waals surface area contributed by atoms with E-state index in [2.05, 4.69) is 5.32 Å². The second kappa shape index (κ2) is 13.9. The molecule has 1 heterocycles. The zero-order valence-corrected chi connectivity index (χ0v) is 26.4. The molecule has 45 heavy (non-hydrogen) atoms. The molecule has 1 amide bonds. The number of anilines is 1. The first-order valence-corrected chi connectivity index (χ1v) is 16.7. The van der Waals surface area contributed by atoms with E-state index in [9.17, 15) is 22.4 Å². The van der Waals surface area contributed by atoms with Crippen molar-refractivity contribution in [3.8, 4) is 11.3 Å². The maximum atomic E-state index is 13.6. The molecule has 3 aromatic carbocycles. The van der Waals surface area contributed by atoms with E-state index < -0.39 is 15.8 Å². The first-order chi connectivity index (χ1) is 21.6. The normalized spacial score (nSPS) is 13.2. The molecule has 9 nitrogen and oxygen atoms in total. The van der Waals surface area contributed by atoms with Gasteiger partial charge in [-0.05, 0) is 79.6 Å². The smallest absolute Gasteiger partial charge is 0.255 e. The summed E-state index contributed by atoms with van der Waals surface area (Å²) in [5, 5.41) is 3.23. The number of ether oxygens (including phenoxy) is 2. The number of carbonyl (C=O) groups is 2. The quantitative estimate of drug-likeness (QED) is 0.124. The average molecular weight is 637 g/mol. The molecule has 0 spiro atoms. The van der Waals surface area contributed by atoms with Crippen molar-refractivity contribution < 1.29 is 36.3 Å². The van der Waals surface area contributed by atoms with Crippen molar-refractivity contribution in [1.82, 2.24) is 5.32 Å². The lowest BCUT2D eigenvalue weighted by molar-refractivity contribution is 0.0404. The van der Waals surface area contributed by atoms with Crippen LogP contribution in [0.2, 0.25) is 0 Å². The van der Waals surface area contributed by atoms with Crippen LogP contribution in [0.15, 0.2) is 65.1 Å². The molecule has 0 atom stereocenters. The Morgan fingerprint density at radius 2 is 1.76 bits per heavy atom. The molecule has 4 aromatic rings. The fourth-order valence-corrected chi connectivity index (χ4v) is 6.28. The van der Waals surface area contributed by atoms with Crippen LogP contribution in [0.4, 0.5) is 10.1 Å². The molecule has 0 aliphatic heterocycles. The third-order valence-electron chi connectivity index (χ3n) is 7.71. The number of fused-ring (bicyclic) bond motifs is 1. The van der Waals surface area contributed by atoms with Crippen molar-refractivity contribution in [1.29, 1.82) is 0 Å². The molecule has 1 N–H and O–H groups in total. The molecular weight excluding hydrogens is 599 g/mol. The van der Waals surface area contributed by atoms with Gasteiger partial charge in [-0.15, -0.1) is 0 Å². The predicted octanol–water partition coefficient (Wildman–Crippen LogP) is 6.07. The summed E-state index contributed by atoms with van der Waals surface area (Å²) < 4.78 is 58.7. The van der Waals surface area contributed by atoms with Crippen molar-refractivity contribution >= 4 is 38.4 Å². The highest BCUT2D eigenvalue weighted by Crippen LogP contribution is 2.48. The van der Waals surface area contributed by atoms with Crippen LogP contribution < -0.4 is 9.62 Å². The first-order valence-electron chi connectivity index (χ1n) is 14.9. The number of rotatable bonds is 15. The molecule has 1 saturated carbocycles. The number of Topliss-reactive ketones (excluding diaryl/α,β-unsaturated/α-hetero) is 1. The van der Waals surface area contributed by atoms with Gasteiger partial charge in [0.1, 0.15) is 17.2 Å². The Hall–Kier alpha value is -4.06. The number of carbonyl (C=O) groups excluding carboxylic acids is 2. The number of ketones is 1. The minimum Gasteiger partial charge on any atom is -0.455 e. The van der Waals surface area contributed by atoms with E-state index >= 15 is 0 Å². The number of benzene rings is 3. The zero-order chi connectivity index (χ0) is 32.1. The van der Waals surface area contributed by atoms with Gasteiger partial charge >= 0.3 is 0 Å². The van der Waals surface area contributed by atoms with Crippen LogP contribution in [-0.2, 0) is 26.1 Å². The monoisotopic (exact) mass is 636 g/mol. The minimum atomic E-state index is -3.67. The molecule has 11 heteroatoms. The van der Waals surface area contributed by atoms with Crippen molar-refractivity contribution in [2.45, 2.75) is 38.7 Å². The van der Waals surface area contributed by atoms with E-state index in [4.69, 9.17) is 13.9 Å². The highest BCUT2D eigenvalue weighted by atomic mass is 32.2. The fourth-order valence-electron chi connectivity index (χ4n) is 5.31. The zero-order valence-electron chi connectivity index (χ0n) is 25.6. The number of furan rings is 1. The number of nitrogens with one attached hydrogen (secondary N) is 1. The summed E-state index contributed by atoms with van der Waals surface area (Å²) in [4.78, 5) is 24.6. The molecule has 238 valence electrons. The second-order valence-corrected chi connectivity index (χ2v) is 13.1. The Bertz CT molecular complexity index is 1800. The lowest BCUT2D eigenvalue weighted by atomic mass is 10.0. The molecule has 0 saturated heterocycles. The minimum absolute atomic E-state index is 0.0000435. The SMILES string of the molecule is CNC(=O)c1c(-c2ccc(F)cc2)oc2cc(N(CCCOCCOCc3cccc(C(C)=O)c3)S(C)(=O)=O)c(C3CC3)cc12. The lowest BCUT2D eigenvalue weighted by Gasteiger charge is -2.25. The molecule has 1 aliphatic carbocycles. The third-order valence-corrected chi connectivity index (χ3v) is 8.89. The molecule has 1 aromatic heterocycles. The Morgan fingerprint density at radius 1 is 1.02 bits per heavy atom. The third kappa shape index (κ3) is 7.78. The summed E-state index contributed by atoms with van der Waals surface area (Å²) in [6, 6.07) is 16.5. The second-order valence-electron chi connectivity index (χ2n) is 11.2. The highest BCUT2D eigenvalue weighted by molar-refractivity contribution is 7.92.